The lowest BCUT2D eigenvalue weighted by Gasteiger charge is -2.01. The summed E-state index contributed by atoms with van der Waals surface area (Å²) >= 11 is 0. The van der Waals surface area contributed by atoms with Gasteiger partial charge in [0.2, 0.25) is 0 Å². The van der Waals surface area contributed by atoms with Crippen LogP contribution in [0.1, 0.15) is 18.1 Å². The first kappa shape index (κ1) is 7.41. The van der Waals surface area contributed by atoms with E-state index in [-0.39, 0.29) is 0 Å². The molecule has 0 bridgehead atoms. The number of rotatable bonds is 1. The summed E-state index contributed by atoms with van der Waals surface area (Å²) in [6.07, 6.45) is 3.12. The maximum Gasteiger partial charge on any atom is 0.0486 e. The average molecular weight is 159 g/mol. The van der Waals surface area contributed by atoms with E-state index in [0.29, 0.717) is 0 Å². The third-order valence-electron chi connectivity index (χ3n) is 2.40. The van der Waals surface area contributed by atoms with Crippen LogP contribution >= 0.6 is 0 Å². The highest BCUT2D eigenvalue weighted by Gasteiger charge is 2.01. The predicted octanol–water partition coefficient (Wildman–Crippen LogP) is 3.04. The molecular formula is C11H13N. The minimum Gasteiger partial charge on any atom is -0.361 e. The first-order valence-corrected chi connectivity index (χ1v) is 4.38. The second-order valence-corrected chi connectivity index (χ2v) is 3.16. The molecule has 2 aromatic rings. The Morgan fingerprint density at radius 1 is 1.25 bits per heavy atom. The monoisotopic (exact) mass is 159 g/mol. The van der Waals surface area contributed by atoms with Crippen LogP contribution < -0.4 is 0 Å². The van der Waals surface area contributed by atoms with Crippen LogP contribution in [0.3, 0.4) is 0 Å². The standard InChI is InChI=1S/C11H13N/c1-3-9-5-4-8(2)11-10(9)6-7-12-11/h4-7,12H,3H2,1-2H3. The van der Waals surface area contributed by atoms with E-state index in [4.69, 9.17) is 0 Å². The number of nitrogens with one attached hydrogen (secondary N) is 1. The Balaban J connectivity index is 2.82. The summed E-state index contributed by atoms with van der Waals surface area (Å²) in [4.78, 5) is 3.26. The molecule has 0 aliphatic heterocycles. The number of aromatic amines is 1. The molecule has 1 heteroatoms. The van der Waals surface area contributed by atoms with Gasteiger partial charge in [0.05, 0.1) is 0 Å². The quantitative estimate of drug-likeness (QED) is 0.658. The molecule has 0 amide bonds. The zero-order valence-electron chi connectivity index (χ0n) is 7.52. The van der Waals surface area contributed by atoms with Gasteiger partial charge in [0.1, 0.15) is 0 Å². The molecule has 0 aliphatic rings. The molecule has 0 saturated heterocycles. The Bertz CT molecular complexity index is 398. The Morgan fingerprint density at radius 2 is 2.08 bits per heavy atom. The van der Waals surface area contributed by atoms with Gasteiger partial charge in [-0.1, -0.05) is 19.1 Å². The highest BCUT2D eigenvalue weighted by Crippen LogP contribution is 2.21. The van der Waals surface area contributed by atoms with Crippen LogP contribution in [0, 0.1) is 6.92 Å². The molecule has 2 rings (SSSR count). The van der Waals surface area contributed by atoms with Crippen molar-refractivity contribution < 1.29 is 0 Å². The van der Waals surface area contributed by atoms with Crippen LogP contribution in [-0.2, 0) is 6.42 Å². The van der Waals surface area contributed by atoms with Crippen molar-refractivity contribution in [2.75, 3.05) is 0 Å². The van der Waals surface area contributed by atoms with Gasteiger partial charge >= 0.3 is 0 Å². The molecule has 1 aromatic heterocycles. The third kappa shape index (κ3) is 0.934. The normalized spacial score (nSPS) is 10.8. The summed E-state index contributed by atoms with van der Waals surface area (Å²) in [6.45, 7) is 4.33. The molecule has 62 valence electrons. The SMILES string of the molecule is CCc1ccc(C)c2[nH]ccc12. The molecule has 0 unspecified atom stereocenters. The summed E-state index contributed by atoms with van der Waals surface area (Å²) in [6, 6.07) is 6.55. The fraction of sp³-hybridized carbons (Fsp3) is 0.273. The second kappa shape index (κ2) is 2.67. The van der Waals surface area contributed by atoms with Crippen LogP contribution in [0.2, 0.25) is 0 Å². The number of hydrogen-bond donors (Lipinski definition) is 1. The van der Waals surface area contributed by atoms with E-state index in [9.17, 15) is 0 Å². The summed E-state index contributed by atoms with van der Waals surface area (Å²) < 4.78 is 0. The van der Waals surface area contributed by atoms with Gasteiger partial charge in [-0.2, -0.15) is 0 Å². The largest absolute Gasteiger partial charge is 0.361 e. The Labute approximate surface area is 72.4 Å². The lowest BCUT2D eigenvalue weighted by molar-refractivity contribution is 1.16. The van der Waals surface area contributed by atoms with Crippen LogP contribution in [0.5, 0.6) is 0 Å². The molecule has 1 heterocycles. The molecule has 0 fully saturated rings. The maximum absolute atomic E-state index is 3.26. The zero-order valence-corrected chi connectivity index (χ0v) is 7.52. The number of aromatic nitrogens is 1. The van der Waals surface area contributed by atoms with Gasteiger partial charge in [-0.15, -0.1) is 0 Å². The van der Waals surface area contributed by atoms with Crippen molar-refractivity contribution in [1.82, 2.24) is 4.98 Å². The molecule has 0 saturated carbocycles. The zero-order chi connectivity index (χ0) is 8.55. The maximum atomic E-state index is 3.26. The minimum absolute atomic E-state index is 1.11. The Kier molecular flexibility index (Phi) is 1.65. The van der Waals surface area contributed by atoms with Gasteiger partial charge in [0.15, 0.2) is 0 Å². The molecule has 12 heavy (non-hydrogen) atoms. The fourth-order valence-corrected chi connectivity index (χ4v) is 1.67. The van der Waals surface area contributed by atoms with Crippen molar-refractivity contribution in [3.63, 3.8) is 0 Å². The van der Waals surface area contributed by atoms with Crippen LogP contribution in [0.4, 0.5) is 0 Å². The van der Waals surface area contributed by atoms with Crippen LogP contribution in [0.15, 0.2) is 24.4 Å². The number of H-pyrrole nitrogens is 1. The predicted molar refractivity (Wildman–Crippen MR) is 52.4 cm³/mol. The van der Waals surface area contributed by atoms with E-state index in [1.54, 1.807) is 0 Å². The van der Waals surface area contributed by atoms with Gasteiger partial charge in [0.25, 0.3) is 0 Å². The number of benzene rings is 1. The summed E-state index contributed by atoms with van der Waals surface area (Å²) in [7, 11) is 0. The van der Waals surface area contributed by atoms with E-state index in [1.165, 1.54) is 22.0 Å². The summed E-state index contributed by atoms with van der Waals surface area (Å²) in [5, 5.41) is 1.37. The molecular weight excluding hydrogens is 146 g/mol. The Hall–Kier alpha value is -1.24. The first-order chi connectivity index (χ1) is 5.83. The van der Waals surface area contributed by atoms with Crippen LogP contribution in [-0.4, -0.2) is 4.98 Å². The van der Waals surface area contributed by atoms with Crippen LogP contribution in [0.25, 0.3) is 10.9 Å². The van der Waals surface area contributed by atoms with Gasteiger partial charge in [0, 0.05) is 17.1 Å². The first-order valence-electron chi connectivity index (χ1n) is 4.38. The fourth-order valence-electron chi connectivity index (χ4n) is 1.67. The van der Waals surface area contributed by atoms with Crippen molar-refractivity contribution >= 4 is 10.9 Å². The lowest BCUT2D eigenvalue weighted by atomic mass is 10.1. The summed E-state index contributed by atoms with van der Waals surface area (Å²) in [5.74, 6) is 0. The van der Waals surface area contributed by atoms with Crippen molar-refractivity contribution in [2.45, 2.75) is 20.3 Å². The second-order valence-electron chi connectivity index (χ2n) is 3.16. The molecule has 0 aliphatic carbocycles. The van der Waals surface area contributed by atoms with Gasteiger partial charge in [-0.05, 0) is 30.5 Å². The minimum atomic E-state index is 1.11. The average Bonchev–Trinajstić information content (AvgIpc) is 2.54. The van der Waals surface area contributed by atoms with E-state index in [0.717, 1.165) is 6.42 Å². The lowest BCUT2D eigenvalue weighted by Crippen LogP contribution is -1.83. The van der Waals surface area contributed by atoms with E-state index < -0.39 is 0 Å². The van der Waals surface area contributed by atoms with Crippen molar-refractivity contribution in [2.24, 2.45) is 0 Å². The number of fused-ring (bicyclic) bond motifs is 1. The molecule has 0 spiro atoms. The summed E-state index contributed by atoms with van der Waals surface area (Å²) in [5.41, 5.74) is 4.04. The van der Waals surface area contributed by atoms with Crippen molar-refractivity contribution in [3.8, 4) is 0 Å². The molecule has 0 radical (unpaired) electrons. The third-order valence-corrected chi connectivity index (χ3v) is 2.40. The molecule has 1 N–H and O–H groups in total. The topological polar surface area (TPSA) is 15.8 Å². The van der Waals surface area contributed by atoms with Gasteiger partial charge < -0.3 is 4.98 Å². The molecule has 1 nitrogen and oxygen atoms in total. The number of aryl methyl sites for hydroxylation is 2. The highest BCUT2D eigenvalue weighted by molar-refractivity contribution is 5.85. The highest BCUT2D eigenvalue weighted by atomic mass is 14.7. The van der Waals surface area contributed by atoms with E-state index in [2.05, 4.69) is 37.0 Å². The van der Waals surface area contributed by atoms with Gasteiger partial charge in [-0.3, -0.25) is 0 Å². The molecule has 1 aromatic carbocycles. The van der Waals surface area contributed by atoms with E-state index >= 15 is 0 Å². The van der Waals surface area contributed by atoms with E-state index in [1.807, 2.05) is 6.20 Å². The Morgan fingerprint density at radius 3 is 2.83 bits per heavy atom. The van der Waals surface area contributed by atoms with Crippen molar-refractivity contribution in [1.29, 1.82) is 0 Å². The smallest absolute Gasteiger partial charge is 0.0486 e. The number of hydrogen-bond acceptors (Lipinski definition) is 0. The van der Waals surface area contributed by atoms with Crippen molar-refractivity contribution in [3.05, 3.63) is 35.5 Å². The molecule has 0 atom stereocenters. The van der Waals surface area contributed by atoms with Gasteiger partial charge in [-0.25, -0.2) is 0 Å².